The lowest BCUT2D eigenvalue weighted by Crippen LogP contribution is -2.56. The lowest BCUT2D eigenvalue weighted by Gasteiger charge is -2.40. The fourth-order valence-corrected chi connectivity index (χ4v) is 5.49. The molecule has 0 saturated heterocycles. The molecule has 0 unspecified atom stereocenters. The van der Waals surface area contributed by atoms with Gasteiger partial charge >= 0.3 is 0 Å². The first-order valence-corrected chi connectivity index (χ1v) is 13.7. The molecule has 10 nitrogen and oxygen atoms in total. The van der Waals surface area contributed by atoms with Gasteiger partial charge in [-0.1, -0.05) is 31.2 Å². The molecule has 1 aliphatic heterocycles. The predicted octanol–water partition coefficient (Wildman–Crippen LogP) is 1.86. The number of ether oxygens (including phenoxy) is 3. The van der Waals surface area contributed by atoms with Crippen molar-refractivity contribution < 1.29 is 39.1 Å². The maximum absolute atomic E-state index is 13.5. The van der Waals surface area contributed by atoms with E-state index in [1.165, 1.54) is 13.2 Å². The molecule has 0 spiro atoms. The number of hydrogen-bond donors (Lipinski definition) is 4. The molecule has 0 bridgehead atoms. The van der Waals surface area contributed by atoms with Gasteiger partial charge in [-0.3, -0.25) is 9.59 Å². The molecule has 4 N–H and O–H groups in total. The number of allylic oxidation sites excluding steroid dienone is 1. The zero-order valence-corrected chi connectivity index (χ0v) is 23.6. The maximum atomic E-state index is 13.5. The summed E-state index contributed by atoms with van der Waals surface area (Å²) in [5.41, 5.74) is 2.35. The van der Waals surface area contributed by atoms with Crippen molar-refractivity contribution in [2.45, 2.75) is 50.5 Å². The lowest BCUT2D eigenvalue weighted by molar-refractivity contribution is -0.132. The molecule has 2 aromatic rings. The Kier molecular flexibility index (Phi) is 10.0. The minimum atomic E-state index is -1.19. The van der Waals surface area contributed by atoms with Gasteiger partial charge in [-0.05, 0) is 54.3 Å². The summed E-state index contributed by atoms with van der Waals surface area (Å²) in [7, 11) is 3.06. The van der Waals surface area contributed by atoms with E-state index in [-0.39, 0.29) is 32.2 Å². The summed E-state index contributed by atoms with van der Waals surface area (Å²) in [4.78, 5) is 28.5. The Morgan fingerprint density at radius 2 is 1.88 bits per heavy atom. The highest BCUT2D eigenvalue weighted by molar-refractivity contribution is 5.96. The fraction of sp³-hybridized carbons (Fsp3) is 0.419. The van der Waals surface area contributed by atoms with Crippen molar-refractivity contribution >= 4 is 11.8 Å². The van der Waals surface area contributed by atoms with Gasteiger partial charge in [0.15, 0.2) is 11.5 Å². The molecule has 2 aromatic carbocycles. The van der Waals surface area contributed by atoms with E-state index in [9.17, 15) is 24.9 Å². The molecule has 10 heteroatoms. The molecule has 0 aromatic heterocycles. The first-order chi connectivity index (χ1) is 19.9. The van der Waals surface area contributed by atoms with Crippen LogP contribution >= 0.6 is 0 Å². The molecule has 41 heavy (non-hydrogen) atoms. The van der Waals surface area contributed by atoms with Gasteiger partial charge in [-0.25, -0.2) is 0 Å². The standard InChI is InChI=1S/C31H38N2O8/c1-4-5-10-26(36)33(13-11-20-8-6-7-9-24(20)39-2)23-17-22(31(38)32-12-14-34)27-21-15-19(18-35)16-25(40-3)29(21)41-30(27)28(23)37/h5-10,15-17,23,27-28,30,34-35,37H,4,11-14,18H2,1-3H3,(H,32,38)/t23-,27+,28+,30+/m1/s1. The first-order valence-electron chi connectivity index (χ1n) is 13.7. The number of fused-ring (bicyclic) bond motifs is 3. The van der Waals surface area contributed by atoms with E-state index in [1.54, 1.807) is 36.3 Å². The highest BCUT2D eigenvalue weighted by Gasteiger charge is 2.51. The van der Waals surface area contributed by atoms with Crippen molar-refractivity contribution in [2.75, 3.05) is 33.9 Å². The van der Waals surface area contributed by atoms with Crippen LogP contribution in [0.2, 0.25) is 0 Å². The number of amides is 2. The number of hydrogen-bond acceptors (Lipinski definition) is 8. The fourth-order valence-electron chi connectivity index (χ4n) is 5.49. The molecule has 4 rings (SSSR count). The van der Waals surface area contributed by atoms with Crippen molar-refractivity contribution in [3.8, 4) is 17.2 Å². The van der Waals surface area contributed by atoms with Gasteiger partial charge in [0.1, 0.15) is 18.0 Å². The second-order valence-electron chi connectivity index (χ2n) is 9.92. The minimum Gasteiger partial charge on any atom is -0.496 e. The summed E-state index contributed by atoms with van der Waals surface area (Å²) in [5, 5.41) is 33.6. The van der Waals surface area contributed by atoms with Gasteiger partial charge in [0.25, 0.3) is 0 Å². The molecule has 1 aliphatic carbocycles. The summed E-state index contributed by atoms with van der Waals surface area (Å²) < 4.78 is 17.3. The third kappa shape index (κ3) is 6.24. The van der Waals surface area contributed by atoms with Crippen LogP contribution in [0.1, 0.15) is 36.0 Å². The van der Waals surface area contributed by atoms with Crippen molar-refractivity contribution in [3.05, 3.63) is 76.9 Å². The third-order valence-corrected chi connectivity index (χ3v) is 7.45. The first kappa shape index (κ1) is 30.1. The van der Waals surface area contributed by atoms with E-state index in [1.807, 2.05) is 31.2 Å². The topological polar surface area (TPSA) is 138 Å². The number of aliphatic hydroxyl groups is 3. The molecule has 0 fully saturated rings. The van der Waals surface area contributed by atoms with E-state index in [4.69, 9.17) is 14.2 Å². The zero-order chi connectivity index (χ0) is 29.5. The van der Waals surface area contributed by atoms with Crippen LogP contribution in [-0.2, 0) is 22.6 Å². The average Bonchev–Trinajstić information content (AvgIpc) is 3.39. The lowest BCUT2D eigenvalue weighted by atomic mass is 9.77. The summed E-state index contributed by atoms with van der Waals surface area (Å²) in [6.07, 6.45) is 3.84. The van der Waals surface area contributed by atoms with E-state index >= 15 is 0 Å². The number of nitrogens with one attached hydrogen (secondary N) is 1. The summed E-state index contributed by atoms with van der Waals surface area (Å²) in [6.45, 7) is 1.69. The normalized spacial score (nSPS) is 21.0. The van der Waals surface area contributed by atoms with Crippen LogP contribution in [0.4, 0.5) is 0 Å². The smallest absolute Gasteiger partial charge is 0.247 e. The molecule has 0 saturated carbocycles. The predicted molar refractivity (Wildman–Crippen MR) is 152 cm³/mol. The highest BCUT2D eigenvalue weighted by Crippen LogP contribution is 2.51. The van der Waals surface area contributed by atoms with Crippen LogP contribution in [0, 0.1) is 0 Å². The van der Waals surface area contributed by atoms with Crippen molar-refractivity contribution in [1.29, 1.82) is 0 Å². The van der Waals surface area contributed by atoms with Gasteiger partial charge in [-0.2, -0.15) is 0 Å². The second-order valence-corrected chi connectivity index (χ2v) is 9.92. The molecule has 2 amide bonds. The SMILES string of the molecule is CCC=CC(=O)N(CCc1ccccc1OC)[C@@H]1C=C(C(=O)NCCO)[C@@H]2c3cc(CO)cc(OC)c3O[C@@H]2[C@H]1O. The number of carbonyl (C=O) groups is 2. The largest absolute Gasteiger partial charge is 0.496 e. The Bertz CT molecular complexity index is 1310. The number of carbonyl (C=O) groups excluding carboxylic acids is 2. The van der Waals surface area contributed by atoms with E-state index in [0.29, 0.717) is 46.8 Å². The minimum absolute atomic E-state index is 0.0319. The van der Waals surface area contributed by atoms with E-state index < -0.39 is 30.1 Å². The second kappa shape index (κ2) is 13.7. The van der Waals surface area contributed by atoms with Crippen molar-refractivity contribution in [2.24, 2.45) is 0 Å². The van der Waals surface area contributed by atoms with Gasteiger partial charge in [0.2, 0.25) is 11.8 Å². The molecule has 4 atom stereocenters. The van der Waals surface area contributed by atoms with Crippen molar-refractivity contribution in [3.63, 3.8) is 0 Å². The molecule has 220 valence electrons. The number of para-hydroxylation sites is 1. The molecule has 0 radical (unpaired) electrons. The highest BCUT2D eigenvalue weighted by atomic mass is 16.5. The van der Waals surface area contributed by atoms with Crippen LogP contribution in [0.5, 0.6) is 17.2 Å². The van der Waals surface area contributed by atoms with Gasteiger partial charge in [-0.15, -0.1) is 0 Å². The van der Waals surface area contributed by atoms with E-state index in [2.05, 4.69) is 5.32 Å². The van der Waals surface area contributed by atoms with Crippen LogP contribution in [-0.4, -0.2) is 84.2 Å². The van der Waals surface area contributed by atoms with Gasteiger partial charge in [0, 0.05) is 24.2 Å². The summed E-state index contributed by atoms with van der Waals surface area (Å²) in [5.74, 6) is -0.0157. The zero-order valence-electron chi connectivity index (χ0n) is 23.6. The Hall–Kier alpha value is -3.86. The van der Waals surface area contributed by atoms with E-state index in [0.717, 1.165) is 5.56 Å². The maximum Gasteiger partial charge on any atom is 0.247 e. The molecule has 1 heterocycles. The average molecular weight is 567 g/mol. The van der Waals surface area contributed by atoms with Crippen molar-refractivity contribution in [1.82, 2.24) is 10.2 Å². The molecular formula is C31H38N2O8. The molecule has 2 aliphatic rings. The quantitative estimate of drug-likeness (QED) is 0.286. The number of rotatable bonds is 12. The monoisotopic (exact) mass is 566 g/mol. The van der Waals surface area contributed by atoms with Crippen LogP contribution in [0.25, 0.3) is 0 Å². The van der Waals surface area contributed by atoms with Gasteiger partial charge in [0.05, 0.1) is 39.4 Å². The number of nitrogens with zero attached hydrogens (tertiary/aromatic N) is 1. The van der Waals surface area contributed by atoms with Crippen LogP contribution < -0.4 is 19.5 Å². The van der Waals surface area contributed by atoms with Crippen LogP contribution in [0.3, 0.4) is 0 Å². The summed E-state index contributed by atoms with van der Waals surface area (Å²) >= 11 is 0. The Morgan fingerprint density at radius 3 is 2.56 bits per heavy atom. The number of methoxy groups -OCH3 is 2. The Morgan fingerprint density at radius 1 is 1.12 bits per heavy atom. The summed E-state index contributed by atoms with van der Waals surface area (Å²) in [6, 6.07) is 10.0. The Labute approximate surface area is 239 Å². The number of aliphatic hydroxyl groups excluding tert-OH is 3. The number of benzene rings is 2. The van der Waals surface area contributed by atoms with Gasteiger partial charge < -0.3 is 39.7 Å². The van der Waals surface area contributed by atoms with Crippen LogP contribution in [0.15, 0.2) is 60.2 Å². The Balaban J connectivity index is 1.78. The molecular weight excluding hydrogens is 528 g/mol. The third-order valence-electron chi connectivity index (χ3n) is 7.45.